The van der Waals surface area contributed by atoms with Crippen molar-refractivity contribution in [3.63, 3.8) is 0 Å². The number of nitrogens with one attached hydrogen (secondary N) is 2. The molecule has 3 atom stereocenters. The van der Waals surface area contributed by atoms with Gasteiger partial charge in [-0.1, -0.05) is 12.1 Å². The Hall–Kier alpha value is -3.36. The molecule has 0 saturated heterocycles. The summed E-state index contributed by atoms with van der Waals surface area (Å²) in [7, 11) is 3.45. The van der Waals surface area contributed by atoms with Crippen molar-refractivity contribution in [1.82, 2.24) is 24.5 Å². The zero-order valence-corrected chi connectivity index (χ0v) is 16.2. The molecule has 0 saturated carbocycles. The summed E-state index contributed by atoms with van der Waals surface area (Å²) in [5, 5.41) is 15.1. The van der Waals surface area contributed by atoms with E-state index in [9.17, 15) is 4.79 Å². The zero-order valence-electron chi connectivity index (χ0n) is 16.2. The normalized spacial score (nSPS) is 20.9. The van der Waals surface area contributed by atoms with Gasteiger partial charge in [-0.2, -0.15) is 15.2 Å². The van der Waals surface area contributed by atoms with Crippen LogP contribution < -0.4 is 15.4 Å². The summed E-state index contributed by atoms with van der Waals surface area (Å²) >= 11 is 0. The molecule has 3 aromatic rings. The SMILES string of the molecule is COc1ccccc1NC(=O)[C@H]1[C@H](C)Nc2ncnn2[C@H]1c1cn(C)nc1C. The van der Waals surface area contributed by atoms with Crippen molar-refractivity contribution in [2.45, 2.75) is 25.9 Å². The Morgan fingerprint density at radius 2 is 2.11 bits per heavy atom. The number of nitrogens with zero attached hydrogens (tertiary/aromatic N) is 5. The van der Waals surface area contributed by atoms with E-state index in [1.807, 2.05) is 51.4 Å². The van der Waals surface area contributed by atoms with E-state index in [1.54, 1.807) is 16.5 Å². The molecule has 4 rings (SSSR count). The minimum atomic E-state index is -0.429. The Morgan fingerprint density at radius 1 is 1.32 bits per heavy atom. The lowest BCUT2D eigenvalue weighted by molar-refractivity contribution is -0.121. The highest BCUT2D eigenvalue weighted by molar-refractivity contribution is 5.95. The van der Waals surface area contributed by atoms with Crippen LogP contribution in [0.5, 0.6) is 5.75 Å². The lowest BCUT2D eigenvalue weighted by atomic mass is 9.85. The van der Waals surface area contributed by atoms with E-state index in [1.165, 1.54) is 6.33 Å². The standard InChI is InChI=1S/C19H23N7O2/c1-11-13(9-25(3)24-11)17-16(12(2)22-19-20-10-21-26(17)19)18(27)23-14-7-5-6-8-15(14)28-4/h5-10,12,16-17H,1-4H3,(H,23,27)(H,20,21,22)/t12-,16-,17-/m0/s1. The number of hydrogen-bond acceptors (Lipinski definition) is 6. The Labute approximate surface area is 162 Å². The van der Waals surface area contributed by atoms with Gasteiger partial charge in [0.05, 0.1) is 30.5 Å². The molecular weight excluding hydrogens is 358 g/mol. The minimum Gasteiger partial charge on any atom is -0.495 e. The van der Waals surface area contributed by atoms with Gasteiger partial charge in [0.2, 0.25) is 11.9 Å². The molecular formula is C19H23N7O2. The maximum absolute atomic E-state index is 13.4. The smallest absolute Gasteiger partial charge is 0.232 e. The van der Waals surface area contributed by atoms with E-state index in [0.717, 1.165) is 11.3 Å². The summed E-state index contributed by atoms with van der Waals surface area (Å²) in [5.41, 5.74) is 2.44. The molecule has 1 amide bonds. The van der Waals surface area contributed by atoms with Crippen molar-refractivity contribution in [2.75, 3.05) is 17.7 Å². The van der Waals surface area contributed by atoms with Gasteiger partial charge in [-0.05, 0) is 26.0 Å². The van der Waals surface area contributed by atoms with Crippen molar-refractivity contribution in [1.29, 1.82) is 0 Å². The number of amides is 1. The molecule has 1 aromatic carbocycles. The maximum Gasteiger partial charge on any atom is 0.232 e. The largest absolute Gasteiger partial charge is 0.495 e. The molecule has 0 spiro atoms. The van der Waals surface area contributed by atoms with Crippen LogP contribution in [0.2, 0.25) is 0 Å². The van der Waals surface area contributed by atoms with Gasteiger partial charge in [0.1, 0.15) is 12.1 Å². The van der Waals surface area contributed by atoms with Gasteiger partial charge >= 0.3 is 0 Å². The number of rotatable bonds is 4. The van der Waals surface area contributed by atoms with E-state index in [4.69, 9.17) is 4.74 Å². The summed E-state index contributed by atoms with van der Waals surface area (Å²) < 4.78 is 8.88. The third-order valence-electron chi connectivity index (χ3n) is 5.11. The first-order valence-corrected chi connectivity index (χ1v) is 9.09. The fraction of sp³-hybridized carbons (Fsp3) is 0.368. The Bertz CT molecular complexity index is 1010. The highest BCUT2D eigenvalue weighted by atomic mass is 16.5. The molecule has 0 unspecified atom stereocenters. The van der Waals surface area contributed by atoms with Crippen LogP contribution in [0.25, 0.3) is 0 Å². The van der Waals surface area contributed by atoms with Gasteiger partial charge < -0.3 is 15.4 Å². The molecule has 28 heavy (non-hydrogen) atoms. The van der Waals surface area contributed by atoms with E-state index in [2.05, 4.69) is 25.8 Å². The van der Waals surface area contributed by atoms with Crippen LogP contribution in [0.4, 0.5) is 11.6 Å². The van der Waals surface area contributed by atoms with Crippen molar-refractivity contribution in [3.8, 4) is 5.75 Å². The van der Waals surface area contributed by atoms with Crippen LogP contribution in [0.1, 0.15) is 24.2 Å². The lowest BCUT2D eigenvalue weighted by Gasteiger charge is -2.36. The number of hydrogen-bond donors (Lipinski definition) is 2. The highest BCUT2D eigenvalue weighted by Crippen LogP contribution is 2.38. The monoisotopic (exact) mass is 381 g/mol. The summed E-state index contributed by atoms with van der Waals surface area (Å²) in [6, 6.07) is 6.88. The summed E-state index contributed by atoms with van der Waals surface area (Å²) in [4.78, 5) is 17.7. The molecule has 2 aromatic heterocycles. The quantitative estimate of drug-likeness (QED) is 0.717. The second kappa shape index (κ2) is 6.99. The van der Waals surface area contributed by atoms with E-state index in [0.29, 0.717) is 17.4 Å². The fourth-order valence-electron chi connectivity index (χ4n) is 3.84. The number of benzene rings is 1. The highest BCUT2D eigenvalue weighted by Gasteiger charge is 2.42. The second-order valence-electron chi connectivity index (χ2n) is 6.96. The predicted molar refractivity (Wildman–Crippen MR) is 104 cm³/mol. The molecule has 0 bridgehead atoms. The van der Waals surface area contributed by atoms with Crippen LogP contribution >= 0.6 is 0 Å². The summed E-state index contributed by atoms with van der Waals surface area (Å²) in [5.74, 6) is 0.700. The van der Waals surface area contributed by atoms with E-state index in [-0.39, 0.29) is 18.0 Å². The number of aryl methyl sites for hydroxylation is 2. The first-order chi connectivity index (χ1) is 13.5. The van der Waals surface area contributed by atoms with E-state index < -0.39 is 5.92 Å². The zero-order chi connectivity index (χ0) is 19.8. The fourth-order valence-corrected chi connectivity index (χ4v) is 3.84. The van der Waals surface area contributed by atoms with Crippen molar-refractivity contribution >= 4 is 17.5 Å². The topological polar surface area (TPSA) is 98.9 Å². The number of aromatic nitrogens is 5. The van der Waals surface area contributed by atoms with Crippen molar-refractivity contribution in [2.24, 2.45) is 13.0 Å². The molecule has 0 fully saturated rings. The number of para-hydroxylation sites is 2. The Kier molecular flexibility index (Phi) is 4.50. The Morgan fingerprint density at radius 3 is 2.82 bits per heavy atom. The van der Waals surface area contributed by atoms with Crippen molar-refractivity contribution in [3.05, 3.63) is 48.0 Å². The molecule has 9 nitrogen and oxygen atoms in total. The Balaban J connectivity index is 1.75. The molecule has 1 aliphatic rings. The molecule has 146 valence electrons. The van der Waals surface area contributed by atoms with Gasteiger partial charge in [0.15, 0.2) is 0 Å². The third kappa shape index (κ3) is 2.98. The number of methoxy groups -OCH3 is 1. The predicted octanol–water partition coefficient (Wildman–Crippen LogP) is 1.99. The lowest BCUT2D eigenvalue weighted by Crippen LogP contribution is -2.46. The molecule has 1 aliphatic heterocycles. The van der Waals surface area contributed by atoms with Crippen LogP contribution in [0.3, 0.4) is 0 Å². The number of carbonyl (C=O) groups is 1. The second-order valence-corrected chi connectivity index (χ2v) is 6.96. The van der Waals surface area contributed by atoms with Crippen LogP contribution in [-0.4, -0.2) is 43.6 Å². The first kappa shape index (κ1) is 18.0. The van der Waals surface area contributed by atoms with Gasteiger partial charge in [-0.3, -0.25) is 9.48 Å². The maximum atomic E-state index is 13.4. The van der Waals surface area contributed by atoms with Gasteiger partial charge in [-0.25, -0.2) is 4.68 Å². The van der Waals surface area contributed by atoms with Crippen LogP contribution in [0.15, 0.2) is 36.8 Å². The minimum absolute atomic E-state index is 0.126. The molecule has 0 aliphatic carbocycles. The van der Waals surface area contributed by atoms with Gasteiger partial charge in [0.25, 0.3) is 0 Å². The average molecular weight is 381 g/mol. The first-order valence-electron chi connectivity index (χ1n) is 9.09. The number of fused-ring (bicyclic) bond motifs is 1. The molecule has 2 N–H and O–H groups in total. The van der Waals surface area contributed by atoms with E-state index >= 15 is 0 Å². The summed E-state index contributed by atoms with van der Waals surface area (Å²) in [6.07, 6.45) is 3.43. The molecule has 0 radical (unpaired) electrons. The van der Waals surface area contributed by atoms with Crippen LogP contribution in [-0.2, 0) is 11.8 Å². The average Bonchev–Trinajstić information content (AvgIpc) is 3.26. The number of ether oxygens (including phenoxy) is 1. The summed E-state index contributed by atoms with van der Waals surface area (Å²) in [6.45, 7) is 3.91. The van der Waals surface area contributed by atoms with Crippen molar-refractivity contribution < 1.29 is 9.53 Å². The number of anilines is 2. The third-order valence-corrected chi connectivity index (χ3v) is 5.11. The van der Waals surface area contributed by atoms with Gasteiger partial charge in [0, 0.05) is 24.8 Å². The van der Waals surface area contributed by atoms with Crippen LogP contribution in [0, 0.1) is 12.8 Å². The van der Waals surface area contributed by atoms with Gasteiger partial charge in [-0.15, -0.1) is 0 Å². The molecule has 9 heteroatoms. The molecule has 3 heterocycles. The number of carbonyl (C=O) groups excluding carboxylic acids is 1.